The van der Waals surface area contributed by atoms with Crippen molar-refractivity contribution in [1.29, 1.82) is 0 Å². The average molecular weight is 356 g/mol. The predicted octanol–water partition coefficient (Wildman–Crippen LogP) is 1.87. The van der Waals surface area contributed by atoms with E-state index in [1.165, 1.54) is 0 Å². The Hall–Kier alpha value is -2.50. The normalized spacial score (nSPS) is 29.9. The van der Waals surface area contributed by atoms with Crippen LogP contribution in [-0.2, 0) is 9.59 Å². The number of rotatable bonds is 4. The average Bonchev–Trinajstić information content (AvgIpc) is 3.29. The number of piperazine rings is 1. The van der Waals surface area contributed by atoms with E-state index in [2.05, 4.69) is 4.90 Å². The van der Waals surface area contributed by atoms with Crippen molar-refractivity contribution in [2.24, 2.45) is 23.7 Å². The first kappa shape index (κ1) is 16.9. The first-order chi connectivity index (χ1) is 12.6. The smallest absolute Gasteiger partial charge is 0.307 e. The first-order valence-electron chi connectivity index (χ1n) is 9.17. The topological polar surface area (TPSA) is 70.1 Å². The number of hydrogen-bond donors (Lipinski definition) is 1. The fourth-order valence-corrected chi connectivity index (χ4v) is 4.68. The molecule has 1 heterocycles. The van der Waals surface area contributed by atoms with Gasteiger partial charge in [0.25, 0.3) is 0 Å². The summed E-state index contributed by atoms with van der Waals surface area (Å²) in [7, 11) is 1.65. The molecular formula is C20H24N2O4. The molecule has 0 radical (unpaired) electrons. The minimum Gasteiger partial charge on any atom is -0.497 e. The second-order valence-corrected chi connectivity index (χ2v) is 7.35. The summed E-state index contributed by atoms with van der Waals surface area (Å²) in [4.78, 5) is 28.8. The molecule has 1 aromatic rings. The van der Waals surface area contributed by atoms with Gasteiger partial charge in [-0.25, -0.2) is 0 Å². The van der Waals surface area contributed by atoms with Gasteiger partial charge in [-0.3, -0.25) is 9.59 Å². The largest absolute Gasteiger partial charge is 0.497 e. The number of carboxylic acid groups (broad SMARTS) is 1. The van der Waals surface area contributed by atoms with Crippen LogP contribution in [0, 0.1) is 23.7 Å². The Kier molecular flexibility index (Phi) is 4.34. The van der Waals surface area contributed by atoms with Gasteiger partial charge in [-0.15, -0.1) is 0 Å². The minimum absolute atomic E-state index is 0.0173. The third-order valence-electron chi connectivity index (χ3n) is 6.06. The highest BCUT2D eigenvalue weighted by Gasteiger charge is 2.52. The van der Waals surface area contributed by atoms with Crippen molar-refractivity contribution in [3.8, 4) is 5.75 Å². The molecular weight excluding hydrogens is 332 g/mol. The van der Waals surface area contributed by atoms with Gasteiger partial charge in [-0.1, -0.05) is 12.2 Å². The van der Waals surface area contributed by atoms with Crippen molar-refractivity contribution in [1.82, 2.24) is 4.90 Å². The van der Waals surface area contributed by atoms with Crippen LogP contribution in [0.25, 0.3) is 0 Å². The second kappa shape index (κ2) is 6.67. The van der Waals surface area contributed by atoms with Crippen LogP contribution in [0.1, 0.15) is 6.42 Å². The molecule has 1 aromatic carbocycles. The number of amides is 1. The fraction of sp³-hybridized carbons (Fsp3) is 0.500. The second-order valence-electron chi connectivity index (χ2n) is 7.35. The van der Waals surface area contributed by atoms with Gasteiger partial charge < -0.3 is 19.6 Å². The van der Waals surface area contributed by atoms with Crippen molar-refractivity contribution in [2.75, 3.05) is 38.2 Å². The molecule has 1 amide bonds. The number of nitrogens with zero attached hydrogens (tertiary/aromatic N) is 2. The van der Waals surface area contributed by atoms with Gasteiger partial charge in [0.1, 0.15) is 5.75 Å². The Morgan fingerprint density at radius 1 is 1.00 bits per heavy atom. The molecule has 0 spiro atoms. The van der Waals surface area contributed by atoms with Crippen molar-refractivity contribution < 1.29 is 19.4 Å². The molecule has 2 bridgehead atoms. The zero-order valence-electron chi connectivity index (χ0n) is 14.9. The molecule has 2 aliphatic carbocycles. The highest BCUT2D eigenvalue weighted by molar-refractivity contribution is 5.87. The molecule has 26 heavy (non-hydrogen) atoms. The number of methoxy groups -OCH3 is 1. The summed E-state index contributed by atoms with van der Waals surface area (Å²) in [6.45, 7) is 2.78. The van der Waals surface area contributed by atoms with Gasteiger partial charge >= 0.3 is 5.97 Å². The number of benzene rings is 1. The van der Waals surface area contributed by atoms with Crippen LogP contribution >= 0.6 is 0 Å². The molecule has 3 aliphatic rings. The van der Waals surface area contributed by atoms with Gasteiger partial charge in [0.05, 0.1) is 18.9 Å². The van der Waals surface area contributed by atoms with Crippen LogP contribution in [0.5, 0.6) is 5.75 Å². The molecule has 6 heteroatoms. The molecule has 138 valence electrons. The lowest BCUT2D eigenvalue weighted by atomic mass is 9.82. The lowest BCUT2D eigenvalue weighted by molar-refractivity contribution is -0.151. The highest BCUT2D eigenvalue weighted by Crippen LogP contribution is 2.48. The minimum atomic E-state index is -0.836. The third-order valence-corrected chi connectivity index (χ3v) is 6.06. The zero-order valence-corrected chi connectivity index (χ0v) is 14.9. The van der Waals surface area contributed by atoms with Crippen molar-refractivity contribution >= 4 is 17.6 Å². The molecule has 0 aromatic heterocycles. The number of hydrogen-bond acceptors (Lipinski definition) is 4. The monoisotopic (exact) mass is 356 g/mol. The van der Waals surface area contributed by atoms with E-state index in [-0.39, 0.29) is 17.7 Å². The number of anilines is 1. The predicted molar refractivity (Wildman–Crippen MR) is 97.1 cm³/mol. The maximum Gasteiger partial charge on any atom is 0.307 e. The van der Waals surface area contributed by atoms with E-state index < -0.39 is 17.8 Å². The summed E-state index contributed by atoms with van der Waals surface area (Å²) in [5.41, 5.74) is 1.11. The number of aliphatic carboxylic acids is 1. The molecule has 6 nitrogen and oxygen atoms in total. The van der Waals surface area contributed by atoms with E-state index in [0.29, 0.717) is 13.1 Å². The fourth-order valence-electron chi connectivity index (χ4n) is 4.68. The van der Waals surface area contributed by atoms with Gasteiger partial charge in [-0.2, -0.15) is 0 Å². The van der Waals surface area contributed by atoms with Gasteiger partial charge in [0, 0.05) is 31.9 Å². The van der Waals surface area contributed by atoms with Crippen molar-refractivity contribution in [3.05, 3.63) is 36.4 Å². The van der Waals surface area contributed by atoms with E-state index in [4.69, 9.17) is 4.74 Å². The Morgan fingerprint density at radius 3 is 2.19 bits per heavy atom. The summed E-state index contributed by atoms with van der Waals surface area (Å²) >= 11 is 0. The Morgan fingerprint density at radius 2 is 1.62 bits per heavy atom. The van der Waals surface area contributed by atoms with Crippen LogP contribution in [0.15, 0.2) is 36.4 Å². The Bertz CT molecular complexity index is 722. The standard InChI is InChI=1S/C20H24N2O4/c1-26-16-6-4-15(5-7-16)21-8-10-22(11-9-21)19(23)17-13-2-3-14(12-13)18(17)20(24)25/h2-7,13-14,17-18H,8-12H2,1H3,(H,24,25)/t13-,14+,17+,18+/m1/s1. The number of carboxylic acids is 1. The van der Waals surface area contributed by atoms with E-state index >= 15 is 0 Å². The summed E-state index contributed by atoms with van der Waals surface area (Å²) in [5, 5.41) is 9.56. The SMILES string of the molecule is COc1ccc(N2CCN(C(=O)[C@@H]3[C@@H](C(=O)O)[C@H]4C=C[C@@H]3C4)CC2)cc1. The quantitative estimate of drug-likeness (QED) is 0.834. The Balaban J connectivity index is 1.40. The molecule has 1 saturated heterocycles. The van der Waals surface area contributed by atoms with E-state index in [1.54, 1.807) is 7.11 Å². The maximum absolute atomic E-state index is 13.0. The maximum atomic E-state index is 13.0. The number of carbonyl (C=O) groups excluding carboxylic acids is 1. The molecule has 2 fully saturated rings. The van der Waals surface area contributed by atoms with E-state index in [9.17, 15) is 14.7 Å². The highest BCUT2D eigenvalue weighted by atomic mass is 16.5. The molecule has 1 N–H and O–H groups in total. The van der Waals surface area contributed by atoms with Crippen LogP contribution in [0.3, 0.4) is 0 Å². The summed E-state index contributed by atoms with van der Waals surface area (Å²) in [5.74, 6) is -0.834. The van der Waals surface area contributed by atoms with E-state index in [0.717, 1.165) is 30.9 Å². The van der Waals surface area contributed by atoms with E-state index in [1.807, 2.05) is 41.3 Å². The zero-order chi connectivity index (χ0) is 18.3. The summed E-state index contributed by atoms with van der Waals surface area (Å²) in [6.07, 6.45) is 4.83. The lowest BCUT2D eigenvalue weighted by Crippen LogP contribution is -2.52. The molecule has 1 aliphatic heterocycles. The van der Waals surface area contributed by atoms with Gasteiger partial charge in [0.2, 0.25) is 5.91 Å². The van der Waals surface area contributed by atoms with Crippen molar-refractivity contribution in [3.63, 3.8) is 0 Å². The number of ether oxygens (including phenoxy) is 1. The number of carbonyl (C=O) groups is 2. The molecule has 1 saturated carbocycles. The number of allylic oxidation sites excluding steroid dienone is 2. The lowest BCUT2D eigenvalue weighted by Gasteiger charge is -2.38. The van der Waals surface area contributed by atoms with Crippen molar-refractivity contribution in [2.45, 2.75) is 6.42 Å². The molecule has 0 unspecified atom stereocenters. The van der Waals surface area contributed by atoms with Crippen LogP contribution in [-0.4, -0.2) is 55.2 Å². The molecule has 4 atom stereocenters. The molecule has 4 rings (SSSR count). The number of fused-ring (bicyclic) bond motifs is 2. The van der Waals surface area contributed by atoms with Gasteiger partial charge in [0.15, 0.2) is 0 Å². The summed E-state index contributed by atoms with van der Waals surface area (Å²) < 4.78 is 5.19. The van der Waals surface area contributed by atoms with Crippen LogP contribution < -0.4 is 9.64 Å². The van der Waals surface area contributed by atoms with Crippen LogP contribution in [0.2, 0.25) is 0 Å². The summed E-state index contributed by atoms with van der Waals surface area (Å²) in [6, 6.07) is 7.92. The van der Waals surface area contributed by atoms with Crippen LogP contribution in [0.4, 0.5) is 5.69 Å². The Labute approximate surface area is 153 Å². The van der Waals surface area contributed by atoms with Gasteiger partial charge in [-0.05, 0) is 42.5 Å². The first-order valence-corrected chi connectivity index (χ1v) is 9.17. The third kappa shape index (κ3) is 2.83.